The smallest absolute Gasteiger partial charge is 0.265 e. The molecular formula is C28H26N4O4. The number of carbonyl (C=O) groups excluding carboxylic acids is 2. The maximum Gasteiger partial charge on any atom is 0.265 e. The van der Waals surface area contributed by atoms with Crippen molar-refractivity contribution in [1.82, 2.24) is 14.5 Å². The third kappa shape index (κ3) is 3.89. The monoisotopic (exact) mass is 482 g/mol. The van der Waals surface area contributed by atoms with Crippen molar-refractivity contribution in [1.29, 1.82) is 0 Å². The van der Waals surface area contributed by atoms with Crippen LogP contribution >= 0.6 is 0 Å². The molecule has 182 valence electrons. The molecular weight excluding hydrogens is 456 g/mol. The fourth-order valence-electron chi connectivity index (χ4n) is 4.94. The van der Waals surface area contributed by atoms with Crippen LogP contribution in [-0.4, -0.2) is 65.2 Å². The second-order valence-electron chi connectivity index (χ2n) is 8.96. The first-order valence-electron chi connectivity index (χ1n) is 12.1. The lowest BCUT2D eigenvalue weighted by Gasteiger charge is -2.37. The maximum atomic E-state index is 13.8. The molecule has 3 heterocycles. The number of amides is 2. The van der Waals surface area contributed by atoms with E-state index in [9.17, 15) is 9.59 Å². The number of hydrogen-bond donors (Lipinski definition) is 0. The molecule has 1 fully saturated rings. The Morgan fingerprint density at radius 2 is 1.69 bits per heavy atom. The van der Waals surface area contributed by atoms with Gasteiger partial charge in [0.15, 0.2) is 6.10 Å². The molecule has 0 unspecified atom stereocenters. The lowest BCUT2D eigenvalue weighted by molar-refractivity contribution is -0.142. The second kappa shape index (κ2) is 9.13. The maximum absolute atomic E-state index is 13.8. The molecule has 6 rings (SSSR count). The van der Waals surface area contributed by atoms with Gasteiger partial charge in [-0.2, -0.15) is 0 Å². The Balaban J connectivity index is 1.33. The van der Waals surface area contributed by atoms with Gasteiger partial charge in [0.2, 0.25) is 0 Å². The van der Waals surface area contributed by atoms with Gasteiger partial charge in [0, 0.05) is 24.3 Å². The molecule has 0 N–H and O–H groups in total. The average Bonchev–Trinajstić information content (AvgIpc) is 3.27. The van der Waals surface area contributed by atoms with Gasteiger partial charge in [0.1, 0.15) is 11.6 Å². The Labute approximate surface area is 208 Å². The van der Waals surface area contributed by atoms with Gasteiger partial charge < -0.3 is 19.3 Å². The summed E-state index contributed by atoms with van der Waals surface area (Å²) >= 11 is 0. The molecule has 2 aliphatic heterocycles. The van der Waals surface area contributed by atoms with Crippen molar-refractivity contribution < 1.29 is 19.1 Å². The topological polar surface area (TPSA) is 76.9 Å². The van der Waals surface area contributed by atoms with Crippen molar-refractivity contribution in [3.05, 3.63) is 84.2 Å². The summed E-state index contributed by atoms with van der Waals surface area (Å²) in [7, 11) is 0. The molecule has 4 aromatic rings. The van der Waals surface area contributed by atoms with Crippen LogP contribution < -0.4 is 9.64 Å². The summed E-state index contributed by atoms with van der Waals surface area (Å²) in [5, 5.41) is 0. The van der Waals surface area contributed by atoms with Crippen LogP contribution in [0.2, 0.25) is 0 Å². The Morgan fingerprint density at radius 3 is 2.50 bits per heavy atom. The minimum Gasteiger partial charge on any atom is -0.476 e. The lowest BCUT2D eigenvalue weighted by Crippen LogP contribution is -2.54. The molecule has 0 bridgehead atoms. The number of benzene rings is 3. The molecule has 8 nitrogen and oxygen atoms in total. The highest BCUT2D eigenvalue weighted by Crippen LogP contribution is 2.35. The largest absolute Gasteiger partial charge is 0.476 e. The number of nitrogens with zero attached hydrogens (tertiary/aromatic N) is 4. The first-order chi connectivity index (χ1) is 17.6. The van der Waals surface area contributed by atoms with E-state index in [0.29, 0.717) is 43.3 Å². The number of aromatic nitrogens is 2. The molecule has 0 saturated carbocycles. The Morgan fingerprint density at radius 1 is 0.944 bits per heavy atom. The zero-order chi connectivity index (χ0) is 24.6. The third-order valence-electron chi connectivity index (χ3n) is 6.70. The summed E-state index contributed by atoms with van der Waals surface area (Å²) in [4.78, 5) is 35.1. The first-order valence-corrected chi connectivity index (χ1v) is 12.1. The number of morpholine rings is 1. The number of ether oxygens (including phenoxy) is 2. The first kappa shape index (κ1) is 22.3. The molecule has 0 aliphatic carbocycles. The fourth-order valence-corrected chi connectivity index (χ4v) is 4.94. The summed E-state index contributed by atoms with van der Waals surface area (Å²) in [5.74, 6) is 1.04. The molecule has 3 aromatic carbocycles. The van der Waals surface area contributed by atoms with E-state index in [1.54, 1.807) is 15.9 Å². The number of para-hydroxylation sites is 3. The highest BCUT2D eigenvalue weighted by Gasteiger charge is 2.36. The van der Waals surface area contributed by atoms with Gasteiger partial charge in [0.05, 0.1) is 36.5 Å². The number of rotatable bonds is 3. The predicted octanol–water partition coefficient (Wildman–Crippen LogP) is 3.60. The van der Waals surface area contributed by atoms with Crippen LogP contribution in [0.4, 0.5) is 5.69 Å². The van der Waals surface area contributed by atoms with E-state index in [4.69, 9.17) is 14.5 Å². The second-order valence-corrected chi connectivity index (χ2v) is 8.96. The van der Waals surface area contributed by atoms with E-state index in [2.05, 4.69) is 4.57 Å². The zero-order valence-electron chi connectivity index (χ0n) is 20.0. The quantitative estimate of drug-likeness (QED) is 0.446. The summed E-state index contributed by atoms with van der Waals surface area (Å²) in [6, 6.07) is 22.9. The Hall–Kier alpha value is -4.17. The molecule has 2 aliphatic rings. The van der Waals surface area contributed by atoms with Crippen molar-refractivity contribution in [2.75, 3.05) is 37.7 Å². The Kier molecular flexibility index (Phi) is 5.65. The van der Waals surface area contributed by atoms with Crippen LogP contribution in [0.3, 0.4) is 0 Å². The van der Waals surface area contributed by atoms with Gasteiger partial charge in [-0.3, -0.25) is 14.2 Å². The predicted molar refractivity (Wildman–Crippen MR) is 136 cm³/mol. The standard InChI is InChI=1S/C28H26N4O4/c1-19-29-22-17-20(11-12-23(22)32(19)21-7-3-2-4-8-21)27(33)31-18-26(28(34)30-13-15-35-16-14-30)36-25-10-6-5-9-24(25)31/h2-12,17,26H,13-16,18H2,1H3/t26-/m0/s1. The molecule has 0 radical (unpaired) electrons. The van der Waals surface area contributed by atoms with E-state index in [1.807, 2.05) is 73.7 Å². The molecule has 8 heteroatoms. The van der Waals surface area contributed by atoms with Gasteiger partial charge in [-0.25, -0.2) is 4.98 Å². The van der Waals surface area contributed by atoms with Crippen LogP contribution in [0.25, 0.3) is 16.7 Å². The van der Waals surface area contributed by atoms with Gasteiger partial charge in [-0.1, -0.05) is 30.3 Å². The summed E-state index contributed by atoms with van der Waals surface area (Å²) in [6.07, 6.45) is -0.773. The van der Waals surface area contributed by atoms with Gasteiger partial charge in [0.25, 0.3) is 11.8 Å². The minimum absolute atomic E-state index is 0.127. The SMILES string of the molecule is Cc1nc2cc(C(=O)N3C[C@@H](C(=O)N4CCOCC4)Oc4ccccc43)ccc2n1-c1ccccc1. The van der Waals surface area contributed by atoms with Crippen molar-refractivity contribution in [3.63, 3.8) is 0 Å². The molecule has 1 saturated heterocycles. The number of imidazole rings is 1. The number of aryl methyl sites for hydroxylation is 1. The van der Waals surface area contributed by atoms with E-state index >= 15 is 0 Å². The van der Waals surface area contributed by atoms with Crippen molar-refractivity contribution in [2.45, 2.75) is 13.0 Å². The van der Waals surface area contributed by atoms with E-state index < -0.39 is 6.10 Å². The molecule has 2 amide bonds. The van der Waals surface area contributed by atoms with E-state index in [1.165, 1.54) is 0 Å². The van der Waals surface area contributed by atoms with E-state index in [0.717, 1.165) is 22.5 Å². The fraction of sp³-hybridized carbons (Fsp3) is 0.250. The van der Waals surface area contributed by atoms with Gasteiger partial charge >= 0.3 is 0 Å². The van der Waals surface area contributed by atoms with Gasteiger partial charge in [-0.05, 0) is 49.4 Å². The lowest BCUT2D eigenvalue weighted by atomic mass is 10.1. The van der Waals surface area contributed by atoms with Crippen LogP contribution in [0, 0.1) is 6.92 Å². The summed E-state index contributed by atoms with van der Waals surface area (Å²) in [6.45, 7) is 4.15. The Bertz CT molecular complexity index is 1440. The van der Waals surface area contributed by atoms with Crippen molar-refractivity contribution in [2.24, 2.45) is 0 Å². The molecule has 0 spiro atoms. The number of fused-ring (bicyclic) bond motifs is 2. The molecule has 1 aromatic heterocycles. The van der Waals surface area contributed by atoms with Crippen LogP contribution in [0.15, 0.2) is 72.8 Å². The number of hydrogen-bond acceptors (Lipinski definition) is 5. The van der Waals surface area contributed by atoms with Crippen LogP contribution in [-0.2, 0) is 9.53 Å². The minimum atomic E-state index is -0.773. The number of carbonyl (C=O) groups is 2. The van der Waals surface area contributed by atoms with E-state index in [-0.39, 0.29) is 18.4 Å². The zero-order valence-corrected chi connectivity index (χ0v) is 20.0. The highest BCUT2D eigenvalue weighted by molar-refractivity contribution is 6.09. The van der Waals surface area contributed by atoms with Gasteiger partial charge in [-0.15, -0.1) is 0 Å². The normalized spacial score (nSPS) is 17.5. The molecule has 1 atom stereocenters. The average molecular weight is 483 g/mol. The van der Waals surface area contributed by atoms with Crippen molar-refractivity contribution in [3.8, 4) is 11.4 Å². The highest BCUT2D eigenvalue weighted by atomic mass is 16.5. The van der Waals surface area contributed by atoms with Crippen LogP contribution in [0.5, 0.6) is 5.75 Å². The third-order valence-corrected chi connectivity index (χ3v) is 6.70. The number of anilines is 1. The van der Waals surface area contributed by atoms with Crippen molar-refractivity contribution >= 4 is 28.5 Å². The summed E-state index contributed by atoms with van der Waals surface area (Å²) in [5.41, 5.74) is 3.85. The summed E-state index contributed by atoms with van der Waals surface area (Å²) < 4.78 is 13.5. The molecule has 36 heavy (non-hydrogen) atoms. The van der Waals surface area contributed by atoms with Crippen LogP contribution in [0.1, 0.15) is 16.2 Å².